The molecule has 1 aromatic heterocycles. The molecule has 7 nitrogen and oxygen atoms in total. The van der Waals surface area contributed by atoms with Crippen molar-refractivity contribution in [3.8, 4) is 5.75 Å². The molecule has 8 heteroatoms. The zero-order chi connectivity index (χ0) is 21.8. The van der Waals surface area contributed by atoms with E-state index >= 15 is 0 Å². The molecule has 2 aromatic carbocycles. The molecule has 0 spiro atoms. The van der Waals surface area contributed by atoms with Crippen LogP contribution in [0, 0.1) is 0 Å². The molecule has 1 N–H and O–H groups in total. The smallest absolute Gasteiger partial charge is 0.270 e. The van der Waals surface area contributed by atoms with Crippen LogP contribution in [0.25, 0.3) is 10.9 Å². The minimum atomic E-state index is -0.407. The van der Waals surface area contributed by atoms with E-state index in [2.05, 4.69) is 15.2 Å². The number of pyridine rings is 1. The SMILES string of the molecule is COc1cc(C(=O)NCC(=O)N2CCN(c3cccc(Cl)c3)CC2)nc2ccccc12. The second-order valence-electron chi connectivity index (χ2n) is 7.26. The normalized spacial score (nSPS) is 13.9. The number of carbonyl (C=O) groups excluding carboxylic acids is 2. The maximum absolute atomic E-state index is 12.6. The molecule has 1 aliphatic rings. The number of para-hydroxylation sites is 1. The summed E-state index contributed by atoms with van der Waals surface area (Å²) in [5, 5.41) is 4.20. The Kier molecular flexibility index (Phi) is 6.23. The Balaban J connectivity index is 1.34. The molecule has 0 unspecified atom stereocenters. The fourth-order valence-electron chi connectivity index (χ4n) is 3.67. The molecule has 0 saturated carbocycles. The third-order valence-corrected chi connectivity index (χ3v) is 5.57. The van der Waals surface area contributed by atoms with Crippen molar-refractivity contribution >= 4 is 40.0 Å². The van der Waals surface area contributed by atoms with Gasteiger partial charge in [-0.25, -0.2) is 4.98 Å². The topological polar surface area (TPSA) is 74.8 Å². The average Bonchev–Trinajstić information content (AvgIpc) is 2.81. The molecule has 1 aliphatic heterocycles. The van der Waals surface area contributed by atoms with Crippen molar-refractivity contribution in [3.05, 3.63) is 65.3 Å². The molecule has 0 bridgehead atoms. The molecule has 0 radical (unpaired) electrons. The summed E-state index contributed by atoms with van der Waals surface area (Å²) in [5.74, 6) is 0.0426. The number of hydrogen-bond acceptors (Lipinski definition) is 5. The molecule has 3 aromatic rings. The van der Waals surface area contributed by atoms with E-state index in [-0.39, 0.29) is 18.1 Å². The molecule has 4 rings (SSSR count). The van der Waals surface area contributed by atoms with Crippen molar-refractivity contribution in [1.29, 1.82) is 0 Å². The van der Waals surface area contributed by atoms with Gasteiger partial charge in [0.15, 0.2) is 0 Å². The van der Waals surface area contributed by atoms with E-state index in [0.29, 0.717) is 42.5 Å². The number of nitrogens with one attached hydrogen (secondary N) is 1. The van der Waals surface area contributed by atoms with Gasteiger partial charge < -0.3 is 19.9 Å². The maximum Gasteiger partial charge on any atom is 0.270 e. The summed E-state index contributed by atoms with van der Waals surface area (Å²) in [7, 11) is 1.55. The molecule has 0 atom stereocenters. The number of ether oxygens (including phenoxy) is 1. The van der Waals surface area contributed by atoms with Crippen molar-refractivity contribution in [2.45, 2.75) is 0 Å². The summed E-state index contributed by atoms with van der Waals surface area (Å²) >= 11 is 6.07. The molecular formula is C23H23ClN4O3. The number of carbonyl (C=O) groups is 2. The van der Waals surface area contributed by atoms with E-state index in [4.69, 9.17) is 16.3 Å². The number of aromatic nitrogens is 1. The van der Waals surface area contributed by atoms with Crippen molar-refractivity contribution in [1.82, 2.24) is 15.2 Å². The summed E-state index contributed by atoms with van der Waals surface area (Å²) in [6, 6.07) is 16.7. The first-order valence-electron chi connectivity index (χ1n) is 10.1. The number of anilines is 1. The molecule has 1 saturated heterocycles. The minimum Gasteiger partial charge on any atom is -0.496 e. The van der Waals surface area contributed by atoms with Gasteiger partial charge >= 0.3 is 0 Å². The average molecular weight is 439 g/mol. The van der Waals surface area contributed by atoms with E-state index in [9.17, 15) is 9.59 Å². The first kappa shape index (κ1) is 20.9. The lowest BCUT2D eigenvalue weighted by Gasteiger charge is -2.36. The highest BCUT2D eigenvalue weighted by atomic mass is 35.5. The fourth-order valence-corrected chi connectivity index (χ4v) is 3.86. The highest BCUT2D eigenvalue weighted by molar-refractivity contribution is 6.30. The molecule has 2 heterocycles. The Morgan fingerprint density at radius 1 is 1.06 bits per heavy atom. The molecule has 2 amide bonds. The van der Waals surface area contributed by atoms with E-state index < -0.39 is 5.91 Å². The van der Waals surface area contributed by atoms with Crippen LogP contribution in [0.5, 0.6) is 5.75 Å². The van der Waals surface area contributed by atoms with E-state index in [1.165, 1.54) is 0 Å². The number of amides is 2. The number of rotatable bonds is 5. The predicted molar refractivity (Wildman–Crippen MR) is 121 cm³/mol. The van der Waals surface area contributed by atoms with Crippen LogP contribution in [0.4, 0.5) is 5.69 Å². The minimum absolute atomic E-state index is 0.0766. The second-order valence-corrected chi connectivity index (χ2v) is 7.69. The summed E-state index contributed by atoms with van der Waals surface area (Å²) in [5.41, 5.74) is 1.92. The molecule has 160 valence electrons. The standard InChI is InChI=1S/C23H23ClN4O3/c1-31-21-14-20(26-19-8-3-2-7-18(19)21)23(30)25-15-22(29)28-11-9-27(10-12-28)17-6-4-5-16(24)13-17/h2-8,13-14H,9-12,15H2,1H3,(H,25,30). The van der Waals surface area contributed by atoms with Crippen LogP contribution in [0.2, 0.25) is 5.02 Å². The third kappa shape index (κ3) is 4.72. The number of fused-ring (bicyclic) bond motifs is 1. The fraction of sp³-hybridized carbons (Fsp3) is 0.261. The van der Waals surface area contributed by atoms with Gasteiger partial charge in [0.1, 0.15) is 11.4 Å². The molecule has 31 heavy (non-hydrogen) atoms. The summed E-state index contributed by atoms with van der Waals surface area (Å²) in [6.45, 7) is 2.52. The Morgan fingerprint density at radius 3 is 2.58 bits per heavy atom. The second kappa shape index (κ2) is 9.22. The summed E-state index contributed by atoms with van der Waals surface area (Å²) in [4.78, 5) is 33.5. The van der Waals surface area contributed by atoms with Gasteiger partial charge in [0, 0.05) is 48.3 Å². The monoisotopic (exact) mass is 438 g/mol. The lowest BCUT2D eigenvalue weighted by atomic mass is 10.1. The van der Waals surface area contributed by atoms with Gasteiger partial charge in [0.25, 0.3) is 5.91 Å². The lowest BCUT2D eigenvalue weighted by molar-refractivity contribution is -0.130. The van der Waals surface area contributed by atoms with Crippen molar-refractivity contribution in [3.63, 3.8) is 0 Å². The van der Waals surface area contributed by atoms with Gasteiger partial charge in [-0.15, -0.1) is 0 Å². The Morgan fingerprint density at radius 2 is 1.84 bits per heavy atom. The first-order chi connectivity index (χ1) is 15.0. The van der Waals surface area contributed by atoms with Crippen molar-refractivity contribution in [2.75, 3.05) is 44.7 Å². The molecular weight excluding hydrogens is 416 g/mol. The number of hydrogen-bond donors (Lipinski definition) is 1. The number of piperazine rings is 1. The zero-order valence-electron chi connectivity index (χ0n) is 17.2. The van der Waals surface area contributed by atoms with Crippen LogP contribution in [0.1, 0.15) is 10.5 Å². The number of methoxy groups -OCH3 is 1. The maximum atomic E-state index is 12.6. The van der Waals surface area contributed by atoms with E-state index in [1.54, 1.807) is 18.1 Å². The van der Waals surface area contributed by atoms with Crippen LogP contribution >= 0.6 is 11.6 Å². The quantitative estimate of drug-likeness (QED) is 0.662. The van der Waals surface area contributed by atoms with Crippen molar-refractivity contribution in [2.24, 2.45) is 0 Å². The molecule has 1 fully saturated rings. The van der Waals surface area contributed by atoms with Gasteiger partial charge in [0.2, 0.25) is 5.91 Å². The highest BCUT2D eigenvalue weighted by Crippen LogP contribution is 2.25. The number of halogens is 1. The number of nitrogens with zero attached hydrogens (tertiary/aromatic N) is 3. The predicted octanol–water partition coefficient (Wildman–Crippen LogP) is 2.98. The van der Waals surface area contributed by atoms with Gasteiger partial charge in [-0.1, -0.05) is 29.8 Å². The number of benzene rings is 2. The zero-order valence-corrected chi connectivity index (χ0v) is 17.9. The summed E-state index contributed by atoms with van der Waals surface area (Å²) in [6.07, 6.45) is 0. The van der Waals surface area contributed by atoms with Crippen LogP contribution in [0.3, 0.4) is 0 Å². The largest absolute Gasteiger partial charge is 0.496 e. The van der Waals surface area contributed by atoms with Gasteiger partial charge in [-0.3, -0.25) is 9.59 Å². The Bertz CT molecular complexity index is 1110. The molecule has 0 aliphatic carbocycles. The summed E-state index contributed by atoms with van der Waals surface area (Å²) < 4.78 is 5.38. The van der Waals surface area contributed by atoms with Gasteiger partial charge in [-0.2, -0.15) is 0 Å². The van der Waals surface area contributed by atoms with E-state index in [0.717, 1.165) is 11.1 Å². The Labute approximate surface area is 185 Å². The first-order valence-corrected chi connectivity index (χ1v) is 10.4. The van der Waals surface area contributed by atoms with Crippen LogP contribution in [-0.4, -0.2) is 61.5 Å². The van der Waals surface area contributed by atoms with Gasteiger partial charge in [0.05, 0.1) is 19.2 Å². The third-order valence-electron chi connectivity index (χ3n) is 5.34. The van der Waals surface area contributed by atoms with Gasteiger partial charge in [-0.05, 0) is 30.3 Å². The van der Waals surface area contributed by atoms with Crippen molar-refractivity contribution < 1.29 is 14.3 Å². The van der Waals surface area contributed by atoms with Crippen LogP contribution in [-0.2, 0) is 4.79 Å². The van der Waals surface area contributed by atoms with Crippen LogP contribution < -0.4 is 15.0 Å². The lowest BCUT2D eigenvalue weighted by Crippen LogP contribution is -2.51. The Hall–Kier alpha value is -3.32. The highest BCUT2D eigenvalue weighted by Gasteiger charge is 2.22. The van der Waals surface area contributed by atoms with Crippen LogP contribution in [0.15, 0.2) is 54.6 Å². The van der Waals surface area contributed by atoms with E-state index in [1.807, 2.05) is 48.5 Å².